The van der Waals surface area contributed by atoms with Crippen LogP contribution in [-0.2, 0) is 0 Å². The van der Waals surface area contributed by atoms with E-state index < -0.39 is 0 Å². The summed E-state index contributed by atoms with van der Waals surface area (Å²) in [6, 6.07) is 8.41. The van der Waals surface area contributed by atoms with Crippen LogP contribution >= 0.6 is 11.8 Å². The maximum Gasteiger partial charge on any atom is 0.172 e. The van der Waals surface area contributed by atoms with E-state index in [1.807, 2.05) is 6.20 Å². The normalized spacial score (nSPS) is 10.3. The minimum Gasteiger partial charge on any atom is -0.295 e. The van der Waals surface area contributed by atoms with Gasteiger partial charge in [-0.3, -0.25) is 4.57 Å². The molecule has 0 amide bonds. The van der Waals surface area contributed by atoms with E-state index in [1.165, 1.54) is 11.1 Å². The van der Waals surface area contributed by atoms with Crippen molar-refractivity contribution in [3.05, 3.63) is 41.7 Å². The second-order valence-corrected chi connectivity index (χ2v) is 5.12. The lowest BCUT2D eigenvalue weighted by atomic mass is 10.1. The summed E-state index contributed by atoms with van der Waals surface area (Å²) in [5.41, 5.74) is 3.69. The molecular formula is C14H15N3S. The summed E-state index contributed by atoms with van der Waals surface area (Å²) in [5.74, 6) is 0.776. The topological polar surface area (TPSA) is 41.6 Å². The lowest BCUT2D eigenvalue weighted by Crippen LogP contribution is -1.99. The van der Waals surface area contributed by atoms with E-state index in [0.717, 1.165) is 16.6 Å². The number of nitrogens with zero attached hydrogens (tertiary/aromatic N) is 3. The summed E-state index contributed by atoms with van der Waals surface area (Å²) in [7, 11) is 0. The Balaban J connectivity index is 2.31. The Morgan fingerprint density at radius 3 is 3.00 bits per heavy atom. The van der Waals surface area contributed by atoms with Crippen LogP contribution in [-0.4, -0.2) is 15.3 Å². The summed E-state index contributed by atoms with van der Waals surface area (Å²) in [6.45, 7) is 4.23. The molecule has 0 fully saturated rings. The first kappa shape index (κ1) is 12.7. The number of hydrogen-bond acceptors (Lipinski definition) is 3. The molecular weight excluding hydrogens is 242 g/mol. The maximum absolute atomic E-state index is 8.57. The van der Waals surface area contributed by atoms with Gasteiger partial charge < -0.3 is 0 Å². The molecule has 92 valence electrons. The average Bonchev–Trinajstić information content (AvgIpc) is 2.81. The van der Waals surface area contributed by atoms with Crippen molar-refractivity contribution >= 4 is 11.8 Å². The van der Waals surface area contributed by atoms with Crippen molar-refractivity contribution < 1.29 is 0 Å². The van der Waals surface area contributed by atoms with E-state index in [9.17, 15) is 0 Å². The summed E-state index contributed by atoms with van der Waals surface area (Å²) in [4.78, 5) is 4.35. The minimum atomic E-state index is 0.546. The first-order chi connectivity index (χ1) is 8.74. The number of benzene rings is 1. The van der Waals surface area contributed by atoms with Gasteiger partial charge in [0.15, 0.2) is 5.16 Å². The maximum atomic E-state index is 8.57. The second-order valence-electron chi connectivity index (χ2n) is 4.06. The van der Waals surface area contributed by atoms with Gasteiger partial charge in [-0.1, -0.05) is 23.9 Å². The van der Waals surface area contributed by atoms with Crippen LogP contribution in [0, 0.1) is 25.2 Å². The number of nitriles is 1. The average molecular weight is 257 g/mol. The van der Waals surface area contributed by atoms with Crippen LogP contribution < -0.4 is 0 Å². The van der Waals surface area contributed by atoms with Gasteiger partial charge in [0.05, 0.1) is 11.8 Å². The van der Waals surface area contributed by atoms with Crippen molar-refractivity contribution in [1.29, 1.82) is 5.26 Å². The fraction of sp³-hybridized carbons (Fsp3) is 0.286. The smallest absolute Gasteiger partial charge is 0.172 e. The van der Waals surface area contributed by atoms with E-state index in [0.29, 0.717) is 6.42 Å². The van der Waals surface area contributed by atoms with Gasteiger partial charge in [0.1, 0.15) is 0 Å². The highest BCUT2D eigenvalue weighted by molar-refractivity contribution is 7.99. The molecule has 0 N–H and O–H groups in total. The molecule has 0 aliphatic rings. The van der Waals surface area contributed by atoms with Gasteiger partial charge in [0.25, 0.3) is 0 Å². The molecule has 0 radical (unpaired) electrons. The summed E-state index contributed by atoms with van der Waals surface area (Å²) >= 11 is 1.62. The van der Waals surface area contributed by atoms with Crippen LogP contribution in [0.15, 0.2) is 35.7 Å². The first-order valence-corrected chi connectivity index (χ1v) is 6.82. The molecule has 0 aliphatic carbocycles. The molecule has 0 saturated heterocycles. The fourth-order valence-electron chi connectivity index (χ4n) is 1.76. The highest BCUT2D eigenvalue weighted by Gasteiger charge is 2.08. The van der Waals surface area contributed by atoms with Crippen LogP contribution in [0.1, 0.15) is 17.5 Å². The Morgan fingerprint density at radius 2 is 2.22 bits per heavy atom. The van der Waals surface area contributed by atoms with Crippen LogP contribution in [0.3, 0.4) is 0 Å². The molecule has 0 saturated carbocycles. The van der Waals surface area contributed by atoms with Crippen molar-refractivity contribution in [1.82, 2.24) is 9.55 Å². The number of imidazole rings is 1. The van der Waals surface area contributed by atoms with Crippen LogP contribution in [0.5, 0.6) is 0 Å². The van der Waals surface area contributed by atoms with Crippen molar-refractivity contribution in [2.24, 2.45) is 0 Å². The van der Waals surface area contributed by atoms with Crippen LogP contribution in [0.2, 0.25) is 0 Å². The lowest BCUT2D eigenvalue weighted by Gasteiger charge is -2.11. The molecule has 0 aliphatic heterocycles. The predicted octanol–water partition coefficient (Wildman–Crippen LogP) is 3.49. The molecule has 18 heavy (non-hydrogen) atoms. The molecule has 0 atom stereocenters. The van der Waals surface area contributed by atoms with Gasteiger partial charge in [-0.15, -0.1) is 0 Å². The first-order valence-electron chi connectivity index (χ1n) is 5.83. The molecule has 2 rings (SSSR count). The molecule has 3 nitrogen and oxygen atoms in total. The molecule has 1 aromatic heterocycles. The second kappa shape index (κ2) is 5.74. The van der Waals surface area contributed by atoms with Gasteiger partial charge in [0, 0.05) is 24.6 Å². The number of aromatic nitrogens is 2. The Kier molecular flexibility index (Phi) is 4.06. The molecule has 0 unspecified atom stereocenters. The van der Waals surface area contributed by atoms with Gasteiger partial charge >= 0.3 is 0 Å². The Morgan fingerprint density at radius 1 is 1.39 bits per heavy atom. The summed E-state index contributed by atoms with van der Waals surface area (Å²) in [6.07, 6.45) is 4.32. The van der Waals surface area contributed by atoms with Gasteiger partial charge in [-0.25, -0.2) is 4.98 Å². The fourth-order valence-corrected chi connectivity index (χ4v) is 2.57. The highest BCUT2D eigenvalue weighted by atomic mass is 32.2. The van der Waals surface area contributed by atoms with E-state index in [4.69, 9.17) is 5.26 Å². The SMILES string of the molecule is Cc1cccc(-n2ccnc2SCCC#N)c1C. The van der Waals surface area contributed by atoms with Gasteiger partial charge in [-0.2, -0.15) is 5.26 Å². The van der Waals surface area contributed by atoms with Crippen LogP contribution in [0.25, 0.3) is 5.69 Å². The molecule has 2 aromatic rings. The van der Waals surface area contributed by atoms with E-state index in [2.05, 4.69) is 47.7 Å². The number of rotatable bonds is 4. The van der Waals surface area contributed by atoms with Gasteiger partial charge in [0.2, 0.25) is 0 Å². The number of thioether (sulfide) groups is 1. The van der Waals surface area contributed by atoms with E-state index in [1.54, 1.807) is 18.0 Å². The largest absolute Gasteiger partial charge is 0.295 e. The zero-order valence-electron chi connectivity index (χ0n) is 10.6. The third-order valence-corrected chi connectivity index (χ3v) is 3.86. The van der Waals surface area contributed by atoms with Gasteiger partial charge in [-0.05, 0) is 31.0 Å². The van der Waals surface area contributed by atoms with Crippen LogP contribution in [0.4, 0.5) is 0 Å². The monoisotopic (exact) mass is 257 g/mol. The Labute approximate surface area is 111 Å². The van der Waals surface area contributed by atoms with Crippen molar-refractivity contribution in [2.75, 3.05) is 5.75 Å². The molecule has 1 aromatic carbocycles. The third-order valence-electron chi connectivity index (χ3n) is 2.89. The summed E-state index contributed by atoms with van der Waals surface area (Å²) in [5, 5.41) is 9.51. The standard InChI is InChI=1S/C14H15N3S/c1-11-5-3-6-13(12(11)2)17-9-8-16-14(17)18-10-4-7-15/h3,5-6,8-9H,4,10H2,1-2H3. The van der Waals surface area contributed by atoms with E-state index in [-0.39, 0.29) is 0 Å². The van der Waals surface area contributed by atoms with E-state index >= 15 is 0 Å². The lowest BCUT2D eigenvalue weighted by molar-refractivity contribution is 0.885. The quantitative estimate of drug-likeness (QED) is 0.622. The van der Waals surface area contributed by atoms with Crippen molar-refractivity contribution in [2.45, 2.75) is 25.4 Å². The number of aryl methyl sites for hydroxylation is 1. The number of hydrogen-bond donors (Lipinski definition) is 0. The minimum absolute atomic E-state index is 0.546. The van der Waals surface area contributed by atoms with Crippen molar-refractivity contribution in [3.8, 4) is 11.8 Å². The summed E-state index contributed by atoms with van der Waals surface area (Å²) < 4.78 is 2.09. The Hall–Kier alpha value is -1.73. The predicted molar refractivity (Wildman–Crippen MR) is 74.0 cm³/mol. The molecule has 1 heterocycles. The Bertz CT molecular complexity index is 581. The van der Waals surface area contributed by atoms with Crippen molar-refractivity contribution in [3.63, 3.8) is 0 Å². The molecule has 0 spiro atoms. The molecule has 0 bridgehead atoms. The highest BCUT2D eigenvalue weighted by Crippen LogP contribution is 2.24. The zero-order valence-corrected chi connectivity index (χ0v) is 11.4. The molecule has 4 heteroatoms. The third kappa shape index (κ3) is 2.57. The zero-order chi connectivity index (χ0) is 13.0.